The van der Waals surface area contributed by atoms with Gasteiger partial charge in [-0.1, -0.05) is 0 Å². The average Bonchev–Trinajstić information content (AvgIpc) is 2.10. The first-order valence-electron chi connectivity index (χ1n) is 3.73. The number of benzene rings is 1. The summed E-state index contributed by atoms with van der Waals surface area (Å²) >= 11 is 8.43. The van der Waals surface area contributed by atoms with Crippen molar-refractivity contribution in [2.75, 3.05) is 5.73 Å². The van der Waals surface area contributed by atoms with Gasteiger partial charge in [0.05, 0.1) is 10.4 Å². The Morgan fingerprint density at radius 3 is 2.47 bits per heavy atom. The highest BCUT2D eigenvalue weighted by molar-refractivity contribution is 9.10. The van der Waals surface area contributed by atoms with Crippen LogP contribution in [0.4, 0.5) is 18.9 Å². The smallest absolute Gasteiger partial charge is 0.404 e. The predicted molar refractivity (Wildman–Crippen MR) is 54.8 cm³/mol. The van der Waals surface area contributed by atoms with Crippen molar-refractivity contribution in [2.24, 2.45) is 0 Å². The quantitative estimate of drug-likeness (QED) is 0.668. The Kier molecular flexibility index (Phi) is 3.72. The normalized spacial score (nSPS) is 11.5. The second-order valence-corrected chi connectivity index (χ2v) is 3.75. The van der Waals surface area contributed by atoms with Gasteiger partial charge in [-0.3, -0.25) is 0 Å². The van der Waals surface area contributed by atoms with Crippen LogP contribution in [0.15, 0.2) is 16.6 Å². The molecule has 15 heavy (non-hydrogen) atoms. The Morgan fingerprint density at radius 2 is 2.00 bits per heavy atom. The SMILES string of the molecule is Nc1ccc(Br)c(OC(F)(F)F)c1CCl. The van der Waals surface area contributed by atoms with Crippen LogP contribution >= 0.6 is 27.5 Å². The highest BCUT2D eigenvalue weighted by Gasteiger charge is 2.33. The molecule has 1 aromatic rings. The molecule has 1 aromatic carbocycles. The minimum Gasteiger partial charge on any atom is -0.404 e. The molecule has 2 N–H and O–H groups in total. The maximum Gasteiger partial charge on any atom is 0.573 e. The zero-order valence-electron chi connectivity index (χ0n) is 7.24. The third-order valence-electron chi connectivity index (χ3n) is 1.60. The van der Waals surface area contributed by atoms with E-state index in [-0.39, 0.29) is 21.6 Å². The molecule has 0 bridgehead atoms. The summed E-state index contributed by atoms with van der Waals surface area (Å²) < 4.78 is 40.1. The van der Waals surface area contributed by atoms with E-state index in [2.05, 4.69) is 20.7 Å². The number of hydrogen-bond donors (Lipinski definition) is 1. The molecule has 0 fully saturated rings. The molecule has 0 spiro atoms. The monoisotopic (exact) mass is 303 g/mol. The fraction of sp³-hybridized carbons (Fsp3) is 0.250. The minimum atomic E-state index is -4.77. The van der Waals surface area contributed by atoms with Crippen LogP contribution in [0.1, 0.15) is 5.56 Å². The lowest BCUT2D eigenvalue weighted by molar-refractivity contribution is -0.275. The predicted octanol–water partition coefficient (Wildman–Crippen LogP) is 3.67. The summed E-state index contributed by atoms with van der Waals surface area (Å²) in [7, 11) is 0. The van der Waals surface area contributed by atoms with E-state index in [1.807, 2.05) is 0 Å². The van der Waals surface area contributed by atoms with Crippen molar-refractivity contribution in [3.05, 3.63) is 22.2 Å². The second-order valence-electron chi connectivity index (χ2n) is 2.63. The maximum absolute atomic E-state index is 12.0. The largest absolute Gasteiger partial charge is 0.573 e. The first-order valence-corrected chi connectivity index (χ1v) is 5.06. The van der Waals surface area contributed by atoms with Crippen molar-refractivity contribution in [2.45, 2.75) is 12.2 Å². The van der Waals surface area contributed by atoms with Gasteiger partial charge in [0, 0.05) is 11.3 Å². The summed E-state index contributed by atoms with van der Waals surface area (Å²) in [5.41, 5.74) is 5.74. The number of hydrogen-bond acceptors (Lipinski definition) is 2. The molecule has 0 radical (unpaired) electrons. The van der Waals surface area contributed by atoms with Crippen molar-refractivity contribution in [1.82, 2.24) is 0 Å². The molecule has 84 valence electrons. The van der Waals surface area contributed by atoms with Crippen molar-refractivity contribution in [3.63, 3.8) is 0 Å². The molecule has 0 saturated heterocycles. The van der Waals surface area contributed by atoms with Crippen molar-refractivity contribution >= 4 is 33.2 Å². The second kappa shape index (κ2) is 4.49. The maximum atomic E-state index is 12.0. The molecular weight excluding hydrogens is 298 g/mol. The van der Waals surface area contributed by atoms with E-state index in [9.17, 15) is 13.2 Å². The first kappa shape index (κ1) is 12.4. The van der Waals surface area contributed by atoms with Gasteiger partial charge in [-0.15, -0.1) is 24.8 Å². The van der Waals surface area contributed by atoms with E-state index in [1.165, 1.54) is 12.1 Å². The van der Waals surface area contributed by atoms with Gasteiger partial charge in [0.25, 0.3) is 0 Å². The Bertz CT molecular complexity index is 370. The molecule has 0 aliphatic rings. The standard InChI is InChI=1S/C8H6BrClF3NO/c9-5-1-2-6(14)4(3-10)7(5)15-8(11,12)13/h1-2H,3,14H2. The Hall–Kier alpha value is -0.620. The minimum absolute atomic E-state index is 0.114. The molecule has 1 rings (SSSR count). The lowest BCUT2D eigenvalue weighted by Crippen LogP contribution is -2.18. The number of nitrogen functional groups attached to an aromatic ring is 1. The number of alkyl halides is 4. The Morgan fingerprint density at radius 1 is 1.40 bits per heavy atom. The average molecular weight is 304 g/mol. The fourth-order valence-corrected chi connectivity index (χ4v) is 1.71. The van der Waals surface area contributed by atoms with Crippen LogP contribution < -0.4 is 10.5 Å². The number of nitrogens with two attached hydrogens (primary N) is 1. The van der Waals surface area contributed by atoms with Crippen LogP contribution in [0.5, 0.6) is 5.75 Å². The van der Waals surface area contributed by atoms with Crippen LogP contribution in [0, 0.1) is 0 Å². The molecule has 0 atom stereocenters. The van der Waals surface area contributed by atoms with Crippen molar-refractivity contribution in [1.29, 1.82) is 0 Å². The van der Waals surface area contributed by atoms with Gasteiger partial charge in [-0.2, -0.15) is 0 Å². The zero-order valence-corrected chi connectivity index (χ0v) is 9.58. The van der Waals surface area contributed by atoms with E-state index >= 15 is 0 Å². The number of rotatable bonds is 2. The molecule has 0 heterocycles. The molecule has 0 aliphatic heterocycles. The van der Waals surface area contributed by atoms with Crippen LogP contribution in [-0.2, 0) is 5.88 Å². The fourth-order valence-electron chi connectivity index (χ4n) is 0.978. The molecule has 0 unspecified atom stereocenters. The van der Waals surface area contributed by atoms with E-state index in [1.54, 1.807) is 0 Å². The van der Waals surface area contributed by atoms with Gasteiger partial charge >= 0.3 is 6.36 Å². The molecule has 0 aliphatic carbocycles. The van der Waals surface area contributed by atoms with Crippen LogP contribution in [0.25, 0.3) is 0 Å². The van der Waals surface area contributed by atoms with Crippen molar-refractivity contribution in [3.8, 4) is 5.75 Å². The van der Waals surface area contributed by atoms with E-state index < -0.39 is 12.1 Å². The lowest BCUT2D eigenvalue weighted by Gasteiger charge is -2.15. The van der Waals surface area contributed by atoms with Gasteiger partial charge < -0.3 is 10.5 Å². The van der Waals surface area contributed by atoms with Gasteiger partial charge in [-0.25, -0.2) is 0 Å². The van der Waals surface area contributed by atoms with Gasteiger partial charge in [-0.05, 0) is 28.1 Å². The first-order chi connectivity index (χ1) is 6.85. The highest BCUT2D eigenvalue weighted by atomic mass is 79.9. The molecule has 0 amide bonds. The third-order valence-corrected chi connectivity index (χ3v) is 2.49. The molecule has 0 saturated carbocycles. The van der Waals surface area contributed by atoms with Crippen LogP contribution in [0.3, 0.4) is 0 Å². The van der Waals surface area contributed by atoms with E-state index in [4.69, 9.17) is 17.3 Å². The number of ether oxygens (including phenoxy) is 1. The lowest BCUT2D eigenvalue weighted by atomic mass is 10.2. The number of halogens is 5. The Labute approximate surface area is 97.3 Å². The van der Waals surface area contributed by atoms with Crippen molar-refractivity contribution < 1.29 is 17.9 Å². The molecular formula is C8H6BrClF3NO. The summed E-state index contributed by atoms with van der Waals surface area (Å²) in [6.07, 6.45) is -4.77. The number of anilines is 1. The summed E-state index contributed by atoms with van der Waals surface area (Å²) in [5, 5.41) is 0. The third kappa shape index (κ3) is 3.17. The van der Waals surface area contributed by atoms with Gasteiger partial charge in [0.15, 0.2) is 0 Å². The van der Waals surface area contributed by atoms with Gasteiger partial charge in [0.2, 0.25) is 0 Å². The topological polar surface area (TPSA) is 35.2 Å². The zero-order chi connectivity index (χ0) is 11.6. The van der Waals surface area contributed by atoms with Crippen LogP contribution in [0.2, 0.25) is 0 Å². The summed E-state index contributed by atoms with van der Waals surface area (Å²) in [4.78, 5) is 0. The summed E-state index contributed by atoms with van der Waals surface area (Å²) in [5.74, 6) is -0.547. The van der Waals surface area contributed by atoms with Gasteiger partial charge in [0.1, 0.15) is 5.75 Å². The summed E-state index contributed by atoms with van der Waals surface area (Å²) in [6, 6.07) is 2.82. The molecule has 7 heteroatoms. The van der Waals surface area contributed by atoms with E-state index in [0.29, 0.717) is 0 Å². The van der Waals surface area contributed by atoms with Crippen LogP contribution in [-0.4, -0.2) is 6.36 Å². The highest BCUT2D eigenvalue weighted by Crippen LogP contribution is 2.37. The van der Waals surface area contributed by atoms with E-state index in [0.717, 1.165) is 0 Å². The summed E-state index contributed by atoms with van der Waals surface area (Å²) in [6.45, 7) is 0. The molecule has 0 aromatic heterocycles. The molecule has 2 nitrogen and oxygen atoms in total. The Balaban J connectivity index is 3.20.